The van der Waals surface area contributed by atoms with Crippen LogP contribution in [0, 0.1) is 22.7 Å². The summed E-state index contributed by atoms with van der Waals surface area (Å²) in [6.45, 7) is -0.294. The van der Waals surface area contributed by atoms with Crippen LogP contribution in [0.1, 0.15) is 39.9 Å². The Balaban J connectivity index is 1.55. The van der Waals surface area contributed by atoms with Crippen molar-refractivity contribution in [3.63, 3.8) is 0 Å². The molecular formula is C26H21N5O3. The maximum atomic E-state index is 13.3. The van der Waals surface area contributed by atoms with E-state index in [0.717, 1.165) is 29.2 Å². The molecule has 1 fully saturated rings. The molecule has 8 nitrogen and oxygen atoms in total. The molecule has 0 aromatic heterocycles. The largest absolute Gasteiger partial charge is 0.344 e. The Morgan fingerprint density at radius 1 is 0.912 bits per heavy atom. The van der Waals surface area contributed by atoms with Crippen molar-refractivity contribution in [1.82, 2.24) is 16.0 Å². The van der Waals surface area contributed by atoms with Crippen LogP contribution in [0.5, 0.6) is 0 Å². The quantitative estimate of drug-likeness (QED) is 0.391. The van der Waals surface area contributed by atoms with Gasteiger partial charge < -0.3 is 16.0 Å². The molecule has 1 aliphatic rings. The monoisotopic (exact) mass is 451 g/mol. The number of nitrogens with one attached hydrogen (secondary N) is 3. The zero-order valence-electron chi connectivity index (χ0n) is 18.2. The van der Waals surface area contributed by atoms with Gasteiger partial charge in [-0.3, -0.25) is 14.4 Å². The third-order valence-electron chi connectivity index (χ3n) is 5.84. The molecule has 168 valence electrons. The van der Waals surface area contributed by atoms with E-state index in [2.05, 4.69) is 22.0 Å². The van der Waals surface area contributed by atoms with Gasteiger partial charge in [-0.25, -0.2) is 0 Å². The first-order valence-electron chi connectivity index (χ1n) is 10.7. The Kier molecular flexibility index (Phi) is 6.24. The summed E-state index contributed by atoms with van der Waals surface area (Å²) in [7, 11) is 0. The van der Waals surface area contributed by atoms with Crippen molar-refractivity contribution in [3.8, 4) is 12.1 Å². The number of benzene rings is 3. The molecule has 8 heteroatoms. The van der Waals surface area contributed by atoms with Gasteiger partial charge in [0.05, 0.1) is 23.2 Å². The van der Waals surface area contributed by atoms with Gasteiger partial charge in [0, 0.05) is 12.1 Å². The molecule has 0 atom stereocenters. The number of hydrogen-bond donors (Lipinski definition) is 3. The van der Waals surface area contributed by atoms with E-state index in [9.17, 15) is 19.6 Å². The highest BCUT2D eigenvalue weighted by atomic mass is 16.2. The number of nitriles is 2. The molecule has 3 aromatic rings. The van der Waals surface area contributed by atoms with Crippen LogP contribution in [-0.2, 0) is 21.7 Å². The molecular weight excluding hydrogens is 430 g/mol. The second kappa shape index (κ2) is 9.43. The highest BCUT2D eigenvalue weighted by Gasteiger charge is 2.47. The minimum atomic E-state index is -0.912. The predicted molar refractivity (Wildman–Crippen MR) is 124 cm³/mol. The summed E-state index contributed by atoms with van der Waals surface area (Å²) in [6, 6.07) is 22.2. The van der Waals surface area contributed by atoms with Crippen molar-refractivity contribution < 1.29 is 14.4 Å². The van der Waals surface area contributed by atoms with E-state index in [1.54, 1.807) is 30.3 Å². The number of amides is 3. The lowest BCUT2D eigenvalue weighted by atomic mass is 9.94. The van der Waals surface area contributed by atoms with Gasteiger partial charge in [-0.2, -0.15) is 10.5 Å². The zero-order chi connectivity index (χ0) is 24.1. The average Bonchev–Trinajstić information content (AvgIpc) is 3.65. The molecule has 0 unspecified atom stereocenters. The first-order valence-corrected chi connectivity index (χ1v) is 10.7. The third kappa shape index (κ3) is 4.57. The maximum Gasteiger partial charge on any atom is 0.310 e. The summed E-state index contributed by atoms with van der Waals surface area (Å²) in [5, 5.41) is 27.7. The minimum Gasteiger partial charge on any atom is -0.344 e. The van der Waals surface area contributed by atoms with Crippen molar-refractivity contribution in [2.45, 2.75) is 24.9 Å². The van der Waals surface area contributed by atoms with Gasteiger partial charge in [0.15, 0.2) is 0 Å². The number of hydrogen-bond acceptors (Lipinski definition) is 5. The molecule has 3 aromatic carbocycles. The SMILES string of the molecule is N#CCNC(=O)C(=O)NCc1ccccc1C(=O)NC1(c2cc(C#N)cc3ccccc23)CC1. The van der Waals surface area contributed by atoms with E-state index in [1.165, 1.54) is 0 Å². The average molecular weight is 451 g/mol. The Bertz CT molecular complexity index is 1380. The van der Waals surface area contributed by atoms with Crippen LogP contribution in [0.4, 0.5) is 0 Å². The van der Waals surface area contributed by atoms with Gasteiger partial charge in [0.2, 0.25) is 0 Å². The molecule has 3 N–H and O–H groups in total. The Morgan fingerprint density at radius 3 is 2.35 bits per heavy atom. The normalized spacial score (nSPS) is 13.2. The second-order valence-corrected chi connectivity index (χ2v) is 8.07. The van der Waals surface area contributed by atoms with Crippen molar-refractivity contribution >= 4 is 28.5 Å². The molecule has 0 heterocycles. The van der Waals surface area contributed by atoms with Crippen LogP contribution in [-0.4, -0.2) is 24.3 Å². The van der Waals surface area contributed by atoms with Gasteiger partial charge in [-0.1, -0.05) is 42.5 Å². The van der Waals surface area contributed by atoms with E-state index < -0.39 is 17.4 Å². The summed E-state index contributed by atoms with van der Waals surface area (Å²) in [4.78, 5) is 36.9. The fraction of sp³-hybridized carbons (Fsp3) is 0.192. The molecule has 0 bridgehead atoms. The van der Waals surface area contributed by atoms with Gasteiger partial charge >= 0.3 is 11.8 Å². The topological polar surface area (TPSA) is 135 Å². The van der Waals surface area contributed by atoms with E-state index >= 15 is 0 Å². The standard InChI is InChI=1S/C26H21N5O3/c27-11-12-29-24(33)25(34)30-16-19-6-2-4-8-21(19)23(32)31-26(9-10-26)22-14-17(15-28)13-18-5-1-3-7-20(18)22/h1-8,13-14H,9-10,12,16H2,(H,29,33)(H,30,34)(H,31,32). The predicted octanol–water partition coefficient (Wildman–Crippen LogP) is 2.39. The molecule has 0 radical (unpaired) electrons. The van der Waals surface area contributed by atoms with Crippen LogP contribution in [0.3, 0.4) is 0 Å². The third-order valence-corrected chi connectivity index (χ3v) is 5.84. The lowest BCUT2D eigenvalue weighted by Crippen LogP contribution is -2.40. The fourth-order valence-corrected chi connectivity index (χ4v) is 3.99. The lowest BCUT2D eigenvalue weighted by molar-refractivity contribution is -0.139. The van der Waals surface area contributed by atoms with E-state index in [1.807, 2.05) is 36.4 Å². The molecule has 34 heavy (non-hydrogen) atoms. The fourth-order valence-electron chi connectivity index (χ4n) is 3.99. The van der Waals surface area contributed by atoms with Crippen LogP contribution >= 0.6 is 0 Å². The molecule has 0 saturated heterocycles. The summed E-state index contributed by atoms with van der Waals surface area (Å²) in [5.74, 6) is -2.10. The molecule has 0 spiro atoms. The number of carbonyl (C=O) groups is 3. The van der Waals surface area contributed by atoms with Crippen LogP contribution in [0.25, 0.3) is 10.8 Å². The second-order valence-electron chi connectivity index (χ2n) is 8.07. The lowest BCUT2D eigenvalue weighted by Gasteiger charge is -2.21. The Labute approximate surface area is 196 Å². The van der Waals surface area contributed by atoms with Crippen molar-refractivity contribution in [1.29, 1.82) is 10.5 Å². The van der Waals surface area contributed by atoms with Gasteiger partial charge in [-0.05, 0) is 52.9 Å². The van der Waals surface area contributed by atoms with E-state index in [4.69, 9.17) is 5.26 Å². The van der Waals surface area contributed by atoms with E-state index in [-0.39, 0.29) is 19.0 Å². The van der Waals surface area contributed by atoms with Crippen molar-refractivity contribution in [3.05, 3.63) is 82.9 Å². The summed E-state index contributed by atoms with van der Waals surface area (Å²) in [6.07, 6.45) is 1.49. The first kappa shape index (κ1) is 22.5. The van der Waals surface area contributed by atoms with Crippen LogP contribution in [0.15, 0.2) is 60.7 Å². The van der Waals surface area contributed by atoms with Crippen LogP contribution in [0.2, 0.25) is 0 Å². The minimum absolute atomic E-state index is 0.0255. The number of fused-ring (bicyclic) bond motifs is 1. The smallest absolute Gasteiger partial charge is 0.310 e. The molecule has 0 aliphatic heterocycles. The number of carbonyl (C=O) groups excluding carboxylic acids is 3. The first-order chi connectivity index (χ1) is 16.5. The van der Waals surface area contributed by atoms with Gasteiger partial charge in [0.1, 0.15) is 6.54 Å². The van der Waals surface area contributed by atoms with Crippen LogP contribution < -0.4 is 16.0 Å². The summed E-state index contributed by atoms with van der Waals surface area (Å²) < 4.78 is 0. The molecule has 4 rings (SSSR count). The Hall–Kier alpha value is -4.69. The van der Waals surface area contributed by atoms with Crippen molar-refractivity contribution in [2.24, 2.45) is 0 Å². The summed E-state index contributed by atoms with van der Waals surface area (Å²) in [5.41, 5.74) is 1.81. The number of nitrogens with zero attached hydrogens (tertiary/aromatic N) is 2. The zero-order valence-corrected chi connectivity index (χ0v) is 18.2. The highest BCUT2D eigenvalue weighted by molar-refractivity contribution is 6.35. The number of rotatable bonds is 6. The molecule has 3 amide bonds. The van der Waals surface area contributed by atoms with Gasteiger partial charge in [-0.15, -0.1) is 0 Å². The Morgan fingerprint density at radius 2 is 1.62 bits per heavy atom. The summed E-state index contributed by atoms with van der Waals surface area (Å²) >= 11 is 0. The highest BCUT2D eigenvalue weighted by Crippen LogP contribution is 2.48. The van der Waals surface area contributed by atoms with Crippen molar-refractivity contribution in [2.75, 3.05) is 6.54 Å². The molecule has 1 aliphatic carbocycles. The molecule has 1 saturated carbocycles. The van der Waals surface area contributed by atoms with Gasteiger partial charge in [0.25, 0.3) is 5.91 Å². The maximum absolute atomic E-state index is 13.3. The van der Waals surface area contributed by atoms with E-state index in [0.29, 0.717) is 16.7 Å².